The van der Waals surface area contributed by atoms with E-state index in [2.05, 4.69) is 20.9 Å². The fraction of sp³-hybridized carbons (Fsp3) is 0.333. The Morgan fingerprint density at radius 3 is 2.54 bits per heavy atom. The third-order valence-electron chi connectivity index (χ3n) is 3.29. The topological polar surface area (TPSA) is 78.7 Å². The molecule has 3 N–H and O–H groups in total. The van der Waals surface area contributed by atoms with Gasteiger partial charge in [-0.2, -0.15) is 0 Å². The van der Waals surface area contributed by atoms with Crippen molar-refractivity contribution in [3.05, 3.63) is 60.1 Å². The van der Waals surface area contributed by atoms with Crippen LogP contribution in [0.15, 0.2) is 58.1 Å². The molecule has 0 aliphatic carbocycles. The minimum absolute atomic E-state index is 0.0721. The standard InChI is InChI=1S/C18H24N4O2/c1-2-19-18(21-11-10-16-9-6-14-24-16)22-13-12-20-17(23)15-7-4-3-5-8-15/h3-9,14H,2,10-13H2,1H3,(H,20,23)(H2,19,21,22). The van der Waals surface area contributed by atoms with Crippen molar-refractivity contribution in [1.29, 1.82) is 0 Å². The van der Waals surface area contributed by atoms with E-state index in [0.29, 0.717) is 25.2 Å². The number of furan rings is 1. The van der Waals surface area contributed by atoms with Gasteiger partial charge in [0.1, 0.15) is 5.76 Å². The molecule has 0 atom stereocenters. The molecule has 6 nitrogen and oxygen atoms in total. The Morgan fingerprint density at radius 2 is 1.83 bits per heavy atom. The molecule has 2 aromatic rings. The Bertz CT molecular complexity index is 624. The average molecular weight is 328 g/mol. The third kappa shape index (κ3) is 6.16. The molecular formula is C18H24N4O2. The molecule has 0 unspecified atom stereocenters. The first-order chi connectivity index (χ1) is 11.8. The summed E-state index contributed by atoms with van der Waals surface area (Å²) in [6.07, 6.45) is 2.42. The Morgan fingerprint density at radius 1 is 1.04 bits per heavy atom. The summed E-state index contributed by atoms with van der Waals surface area (Å²) >= 11 is 0. The zero-order valence-corrected chi connectivity index (χ0v) is 13.9. The van der Waals surface area contributed by atoms with E-state index in [1.165, 1.54) is 0 Å². The summed E-state index contributed by atoms with van der Waals surface area (Å²) in [5.74, 6) is 1.58. The van der Waals surface area contributed by atoms with Crippen LogP contribution in [0.25, 0.3) is 0 Å². The van der Waals surface area contributed by atoms with Gasteiger partial charge in [-0.05, 0) is 31.2 Å². The van der Waals surface area contributed by atoms with Crippen LogP contribution in [0.4, 0.5) is 0 Å². The molecule has 0 saturated carbocycles. The van der Waals surface area contributed by atoms with E-state index in [0.717, 1.165) is 24.7 Å². The minimum atomic E-state index is -0.0721. The first-order valence-corrected chi connectivity index (χ1v) is 8.17. The zero-order valence-electron chi connectivity index (χ0n) is 13.9. The number of hydrogen-bond donors (Lipinski definition) is 3. The summed E-state index contributed by atoms with van der Waals surface area (Å²) in [4.78, 5) is 16.4. The van der Waals surface area contributed by atoms with Crippen LogP contribution in [0.1, 0.15) is 23.0 Å². The van der Waals surface area contributed by atoms with Crippen LogP contribution < -0.4 is 16.0 Å². The molecule has 0 aliphatic rings. The summed E-state index contributed by atoms with van der Waals surface area (Å²) in [6.45, 7) is 4.56. The molecule has 128 valence electrons. The minimum Gasteiger partial charge on any atom is -0.469 e. The third-order valence-corrected chi connectivity index (χ3v) is 3.29. The summed E-state index contributed by atoms with van der Waals surface area (Å²) in [5.41, 5.74) is 0.663. The van der Waals surface area contributed by atoms with Gasteiger partial charge in [0.15, 0.2) is 5.96 Å². The summed E-state index contributed by atoms with van der Waals surface area (Å²) in [6, 6.07) is 13.0. The lowest BCUT2D eigenvalue weighted by Gasteiger charge is -2.11. The molecule has 1 aromatic carbocycles. The smallest absolute Gasteiger partial charge is 0.251 e. The van der Waals surface area contributed by atoms with Crippen molar-refractivity contribution in [2.24, 2.45) is 4.99 Å². The second-order valence-electron chi connectivity index (χ2n) is 5.14. The van der Waals surface area contributed by atoms with Gasteiger partial charge >= 0.3 is 0 Å². The largest absolute Gasteiger partial charge is 0.469 e. The second-order valence-corrected chi connectivity index (χ2v) is 5.14. The zero-order chi connectivity index (χ0) is 17.0. The van der Waals surface area contributed by atoms with E-state index in [1.807, 2.05) is 37.3 Å². The highest BCUT2D eigenvalue weighted by atomic mass is 16.3. The molecule has 1 heterocycles. The van der Waals surface area contributed by atoms with E-state index in [4.69, 9.17) is 4.42 Å². The van der Waals surface area contributed by atoms with Crippen molar-refractivity contribution in [2.45, 2.75) is 13.3 Å². The number of rotatable bonds is 8. The molecule has 6 heteroatoms. The molecule has 1 amide bonds. The van der Waals surface area contributed by atoms with Gasteiger partial charge in [0, 0.05) is 38.2 Å². The first kappa shape index (κ1) is 17.6. The predicted octanol–water partition coefficient (Wildman–Crippen LogP) is 1.81. The van der Waals surface area contributed by atoms with Crippen LogP contribution in [-0.2, 0) is 6.42 Å². The normalized spacial score (nSPS) is 11.1. The summed E-state index contributed by atoms with van der Waals surface area (Å²) < 4.78 is 5.28. The maximum atomic E-state index is 11.9. The van der Waals surface area contributed by atoms with Crippen molar-refractivity contribution in [1.82, 2.24) is 16.0 Å². The monoisotopic (exact) mass is 328 g/mol. The number of hydrogen-bond acceptors (Lipinski definition) is 3. The Hall–Kier alpha value is -2.76. The second kappa shape index (κ2) is 10.1. The Balaban J connectivity index is 1.69. The van der Waals surface area contributed by atoms with Crippen molar-refractivity contribution in [3.8, 4) is 0 Å². The maximum Gasteiger partial charge on any atom is 0.251 e. The molecule has 0 bridgehead atoms. The average Bonchev–Trinajstić information content (AvgIpc) is 3.12. The number of guanidine groups is 1. The molecule has 1 aromatic heterocycles. The van der Waals surface area contributed by atoms with Crippen molar-refractivity contribution < 1.29 is 9.21 Å². The van der Waals surface area contributed by atoms with E-state index < -0.39 is 0 Å². The number of amides is 1. The molecular weight excluding hydrogens is 304 g/mol. The summed E-state index contributed by atoms with van der Waals surface area (Å²) in [7, 11) is 0. The molecule has 24 heavy (non-hydrogen) atoms. The Labute approximate surface area is 142 Å². The number of benzene rings is 1. The van der Waals surface area contributed by atoms with Gasteiger partial charge in [0.2, 0.25) is 0 Å². The lowest BCUT2D eigenvalue weighted by molar-refractivity contribution is 0.0954. The van der Waals surface area contributed by atoms with Gasteiger partial charge in [-0.15, -0.1) is 0 Å². The summed E-state index contributed by atoms with van der Waals surface area (Å²) in [5, 5.41) is 9.25. The number of nitrogens with one attached hydrogen (secondary N) is 3. The first-order valence-electron chi connectivity index (χ1n) is 8.17. The SMILES string of the molecule is CCNC(=NCCc1ccco1)NCCNC(=O)c1ccccc1. The molecule has 0 saturated heterocycles. The number of aliphatic imine (C=N–C) groups is 1. The van der Waals surface area contributed by atoms with Gasteiger partial charge < -0.3 is 20.4 Å². The lowest BCUT2D eigenvalue weighted by Crippen LogP contribution is -2.41. The fourth-order valence-corrected chi connectivity index (χ4v) is 2.12. The maximum absolute atomic E-state index is 11.9. The van der Waals surface area contributed by atoms with Crippen LogP contribution in [-0.4, -0.2) is 38.0 Å². The van der Waals surface area contributed by atoms with Crippen LogP contribution in [0.2, 0.25) is 0 Å². The van der Waals surface area contributed by atoms with Crippen LogP contribution in [0.5, 0.6) is 0 Å². The molecule has 2 rings (SSSR count). The number of carbonyl (C=O) groups is 1. The van der Waals surface area contributed by atoms with Gasteiger partial charge in [-0.1, -0.05) is 18.2 Å². The number of nitrogens with zero attached hydrogens (tertiary/aromatic N) is 1. The molecule has 0 spiro atoms. The number of carbonyl (C=O) groups excluding carboxylic acids is 1. The van der Waals surface area contributed by atoms with E-state index in [-0.39, 0.29) is 5.91 Å². The fourth-order valence-electron chi connectivity index (χ4n) is 2.12. The van der Waals surface area contributed by atoms with Gasteiger partial charge in [0.05, 0.1) is 6.26 Å². The van der Waals surface area contributed by atoms with Crippen LogP contribution in [0, 0.1) is 0 Å². The highest BCUT2D eigenvalue weighted by Gasteiger charge is 2.03. The van der Waals surface area contributed by atoms with Crippen LogP contribution >= 0.6 is 0 Å². The molecule has 0 aliphatic heterocycles. The van der Waals surface area contributed by atoms with Gasteiger partial charge in [-0.3, -0.25) is 9.79 Å². The van der Waals surface area contributed by atoms with Gasteiger partial charge in [-0.25, -0.2) is 0 Å². The molecule has 0 fully saturated rings. The van der Waals surface area contributed by atoms with Crippen molar-refractivity contribution >= 4 is 11.9 Å². The van der Waals surface area contributed by atoms with Crippen LogP contribution in [0.3, 0.4) is 0 Å². The van der Waals surface area contributed by atoms with Gasteiger partial charge in [0.25, 0.3) is 5.91 Å². The van der Waals surface area contributed by atoms with Crippen molar-refractivity contribution in [3.63, 3.8) is 0 Å². The Kier molecular flexibility index (Phi) is 7.40. The van der Waals surface area contributed by atoms with E-state index in [9.17, 15) is 4.79 Å². The van der Waals surface area contributed by atoms with Crippen molar-refractivity contribution in [2.75, 3.05) is 26.2 Å². The highest BCUT2D eigenvalue weighted by molar-refractivity contribution is 5.94. The lowest BCUT2D eigenvalue weighted by atomic mass is 10.2. The quantitative estimate of drug-likeness (QED) is 0.392. The predicted molar refractivity (Wildman–Crippen MR) is 95.2 cm³/mol. The van der Waals surface area contributed by atoms with E-state index >= 15 is 0 Å². The molecule has 0 radical (unpaired) electrons. The van der Waals surface area contributed by atoms with E-state index in [1.54, 1.807) is 18.4 Å². The highest BCUT2D eigenvalue weighted by Crippen LogP contribution is 2.00.